The molecule has 0 bridgehead atoms. The maximum absolute atomic E-state index is 5.74. The maximum atomic E-state index is 5.74. The van der Waals surface area contributed by atoms with Crippen LogP contribution >= 0.6 is 11.3 Å². The van der Waals surface area contributed by atoms with Gasteiger partial charge in [0, 0.05) is 10.9 Å². The van der Waals surface area contributed by atoms with Gasteiger partial charge >= 0.3 is 0 Å². The van der Waals surface area contributed by atoms with Crippen LogP contribution in [0.25, 0.3) is 16.2 Å². The van der Waals surface area contributed by atoms with Gasteiger partial charge in [-0.05, 0) is 43.5 Å². The van der Waals surface area contributed by atoms with E-state index < -0.39 is 0 Å². The lowest BCUT2D eigenvalue weighted by molar-refractivity contribution is 0.887. The monoisotopic (exact) mass is 272 g/mol. The molecule has 4 nitrogen and oxygen atoms in total. The van der Waals surface area contributed by atoms with E-state index in [1.807, 2.05) is 0 Å². The number of aromatic nitrogens is 3. The van der Waals surface area contributed by atoms with Crippen LogP contribution in [0.4, 0.5) is 0 Å². The molecule has 0 saturated heterocycles. The summed E-state index contributed by atoms with van der Waals surface area (Å²) in [5, 5.41) is 10.4. The van der Waals surface area contributed by atoms with E-state index in [1.165, 1.54) is 22.3 Å². The van der Waals surface area contributed by atoms with E-state index in [0.717, 1.165) is 16.5 Å². The Labute approximate surface area is 115 Å². The third kappa shape index (κ3) is 1.86. The van der Waals surface area contributed by atoms with Crippen molar-refractivity contribution >= 4 is 16.3 Å². The molecule has 1 aromatic carbocycles. The summed E-state index contributed by atoms with van der Waals surface area (Å²) in [6, 6.07) is 4.45. The van der Waals surface area contributed by atoms with Crippen LogP contribution < -0.4 is 5.73 Å². The standard InChI is InChI=1S/C14H16N4S/c1-8-4-10(3)11(5-9(8)2)12-7-19-14-17-16-13(6-15)18(12)14/h4-5,7H,6,15H2,1-3H3. The molecule has 3 aromatic rings. The Kier molecular flexibility index (Phi) is 2.88. The number of hydrogen-bond donors (Lipinski definition) is 1. The van der Waals surface area contributed by atoms with Crippen LogP contribution in [0.3, 0.4) is 0 Å². The molecule has 0 aliphatic heterocycles. The van der Waals surface area contributed by atoms with Crippen molar-refractivity contribution in [2.45, 2.75) is 27.3 Å². The van der Waals surface area contributed by atoms with Gasteiger partial charge in [0.05, 0.1) is 12.2 Å². The highest BCUT2D eigenvalue weighted by molar-refractivity contribution is 7.15. The second-order valence-corrected chi connectivity index (χ2v) is 5.65. The van der Waals surface area contributed by atoms with Crippen LogP contribution in [0.5, 0.6) is 0 Å². The normalized spacial score (nSPS) is 11.4. The smallest absolute Gasteiger partial charge is 0.216 e. The number of hydrogen-bond acceptors (Lipinski definition) is 4. The number of aryl methyl sites for hydroxylation is 3. The average Bonchev–Trinajstić information content (AvgIpc) is 2.95. The molecule has 0 radical (unpaired) electrons. The Balaban J connectivity index is 2.30. The minimum absolute atomic E-state index is 0.398. The number of benzene rings is 1. The molecule has 0 spiro atoms. The van der Waals surface area contributed by atoms with E-state index >= 15 is 0 Å². The van der Waals surface area contributed by atoms with Crippen molar-refractivity contribution in [1.29, 1.82) is 0 Å². The first-order chi connectivity index (χ1) is 9.11. The second-order valence-electron chi connectivity index (χ2n) is 4.81. The zero-order chi connectivity index (χ0) is 13.6. The molecule has 0 aliphatic carbocycles. The first-order valence-electron chi connectivity index (χ1n) is 6.21. The van der Waals surface area contributed by atoms with Gasteiger partial charge in [0.1, 0.15) is 0 Å². The Hall–Kier alpha value is -1.72. The van der Waals surface area contributed by atoms with Crippen molar-refractivity contribution in [2.75, 3.05) is 0 Å². The Morgan fingerprint density at radius 2 is 1.84 bits per heavy atom. The van der Waals surface area contributed by atoms with Crippen molar-refractivity contribution in [2.24, 2.45) is 5.73 Å². The number of nitrogens with zero attached hydrogens (tertiary/aromatic N) is 3. The maximum Gasteiger partial charge on any atom is 0.216 e. The summed E-state index contributed by atoms with van der Waals surface area (Å²) in [5.41, 5.74) is 12.0. The van der Waals surface area contributed by atoms with Crippen LogP contribution in [0.1, 0.15) is 22.5 Å². The molecular weight excluding hydrogens is 256 g/mol. The summed E-state index contributed by atoms with van der Waals surface area (Å²) in [4.78, 5) is 0.896. The zero-order valence-electron chi connectivity index (χ0n) is 11.3. The Morgan fingerprint density at radius 3 is 2.58 bits per heavy atom. The molecular formula is C14H16N4S. The number of thiazole rings is 1. The van der Waals surface area contributed by atoms with Gasteiger partial charge < -0.3 is 5.73 Å². The van der Waals surface area contributed by atoms with Crippen LogP contribution in [-0.4, -0.2) is 14.6 Å². The fourth-order valence-corrected chi connectivity index (χ4v) is 3.18. The third-order valence-electron chi connectivity index (χ3n) is 3.52. The van der Waals surface area contributed by atoms with Crippen LogP contribution in [-0.2, 0) is 6.54 Å². The van der Waals surface area contributed by atoms with Gasteiger partial charge in [-0.3, -0.25) is 4.40 Å². The number of nitrogens with two attached hydrogens (primary N) is 1. The van der Waals surface area contributed by atoms with Gasteiger partial charge in [-0.2, -0.15) is 0 Å². The summed E-state index contributed by atoms with van der Waals surface area (Å²) in [6.45, 7) is 6.81. The highest BCUT2D eigenvalue weighted by Gasteiger charge is 2.14. The molecule has 5 heteroatoms. The van der Waals surface area contributed by atoms with Crippen molar-refractivity contribution in [3.63, 3.8) is 0 Å². The zero-order valence-corrected chi connectivity index (χ0v) is 12.1. The summed E-state index contributed by atoms with van der Waals surface area (Å²) < 4.78 is 2.06. The van der Waals surface area contributed by atoms with Gasteiger partial charge in [0.2, 0.25) is 4.96 Å². The molecule has 3 rings (SSSR count). The molecule has 0 amide bonds. The number of fused-ring (bicyclic) bond motifs is 1. The van der Waals surface area contributed by atoms with Crippen molar-refractivity contribution in [3.8, 4) is 11.3 Å². The van der Waals surface area contributed by atoms with E-state index in [9.17, 15) is 0 Å². The number of rotatable bonds is 2. The summed E-state index contributed by atoms with van der Waals surface area (Å²) in [7, 11) is 0. The minimum atomic E-state index is 0.398. The second kappa shape index (κ2) is 4.43. The summed E-state index contributed by atoms with van der Waals surface area (Å²) in [6.07, 6.45) is 0. The van der Waals surface area contributed by atoms with E-state index in [0.29, 0.717) is 6.54 Å². The first-order valence-corrected chi connectivity index (χ1v) is 7.09. The predicted octanol–water partition coefficient (Wildman–Crippen LogP) is 2.84. The fourth-order valence-electron chi connectivity index (χ4n) is 2.33. The predicted molar refractivity (Wildman–Crippen MR) is 78.4 cm³/mol. The highest BCUT2D eigenvalue weighted by Crippen LogP contribution is 2.30. The molecule has 98 valence electrons. The van der Waals surface area contributed by atoms with Gasteiger partial charge in [0.15, 0.2) is 5.82 Å². The molecule has 2 heterocycles. The lowest BCUT2D eigenvalue weighted by Gasteiger charge is -2.09. The molecule has 0 saturated carbocycles. The van der Waals surface area contributed by atoms with Gasteiger partial charge in [-0.15, -0.1) is 21.5 Å². The van der Waals surface area contributed by atoms with E-state index in [4.69, 9.17) is 5.73 Å². The van der Waals surface area contributed by atoms with Gasteiger partial charge in [0.25, 0.3) is 0 Å². The van der Waals surface area contributed by atoms with Crippen LogP contribution in [0.2, 0.25) is 0 Å². The molecule has 2 aromatic heterocycles. The SMILES string of the molecule is Cc1cc(C)c(-c2csc3nnc(CN)n23)cc1C. The fraction of sp³-hybridized carbons (Fsp3) is 0.286. The highest BCUT2D eigenvalue weighted by atomic mass is 32.1. The molecule has 2 N–H and O–H groups in total. The van der Waals surface area contributed by atoms with E-state index in [-0.39, 0.29) is 0 Å². The Morgan fingerprint density at radius 1 is 1.11 bits per heavy atom. The lowest BCUT2D eigenvalue weighted by atomic mass is 9.99. The molecule has 0 atom stereocenters. The Bertz CT molecular complexity index is 754. The quantitative estimate of drug-likeness (QED) is 0.780. The van der Waals surface area contributed by atoms with Crippen molar-refractivity contribution in [1.82, 2.24) is 14.6 Å². The van der Waals surface area contributed by atoms with Crippen LogP contribution in [0.15, 0.2) is 17.5 Å². The van der Waals surface area contributed by atoms with Gasteiger partial charge in [-0.25, -0.2) is 0 Å². The van der Waals surface area contributed by atoms with E-state index in [2.05, 4.69) is 52.9 Å². The lowest BCUT2D eigenvalue weighted by Crippen LogP contribution is -2.03. The van der Waals surface area contributed by atoms with Crippen molar-refractivity contribution < 1.29 is 0 Å². The minimum Gasteiger partial charge on any atom is -0.324 e. The molecule has 0 unspecified atom stereocenters. The molecule has 0 fully saturated rings. The first kappa shape index (κ1) is 12.3. The molecule has 0 aliphatic rings. The van der Waals surface area contributed by atoms with Crippen LogP contribution in [0, 0.1) is 20.8 Å². The molecule has 19 heavy (non-hydrogen) atoms. The largest absolute Gasteiger partial charge is 0.324 e. The third-order valence-corrected chi connectivity index (χ3v) is 4.33. The van der Waals surface area contributed by atoms with E-state index in [1.54, 1.807) is 11.3 Å². The topological polar surface area (TPSA) is 56.2 Å². The summed E-state index contributed by atoms with van der Waals surface area (Å²) in [5.74, 6) is 0.809. The van der Waals surface area contributed by atoms with Gasteiger partial charge in [-0.1, -0.05) is 6.07 Å². The summed E-state index contributed by atoms with van der Waals surface area (Å²) >= 11 is 1.60. The van der Waals surface area contributed by atoms with Crippen molar-refractivity contribution in [3.05, 3.63) is 40.0 Å². The average molecular weight is 272 g/mol.